The van der Waals surface area contributed by atoms with Crippen molar-refractivity contribution in [2.75, 3.05) is 33.4 Å². The quantitative estimate of drug-likeness (QED) is 0.755. The number of quaternary nitrogens is 1. The highest BCUT2D eigenvalue weighted by atomic mass is 16.5. The van der Waals surface area contributed by atoms with E-state index in [0.29, 0.717) is 6.61 Å². The highest BCUT2D eigenvalue weighted by Gasteiger charge is 2.35. The molecule has 1 aliphatic carbocycles. The first-order valence-electron chi connectivity index (χ1n) is 7.12. The van der Waals surface area contributed by atoms with Gasteiger partial charge in [0.2, 0.25) is 5.84 Å². The first-order chi connectivity index (χ1) is 8.12. The number of nitrogens with one attached hydrogen (secondary N) is 1. The summed E-state index contributed by atoms with van der Waals surface area (Å²) in [6, 6.07) is 0. The van der Waals surface area contributed by atoms with Crippen LogP contribution >= 0.6 is 0 Å². The molecule has 1 heterocycles. The number of rotatable bonds is 3. The Hall–Kier alpha value is -0.410. The van der Waals surface area contributed by atoms with Gasteiger partial charge >= 0.3 is 0 Å². The zero-order valence-corrected chi connectivity index (χ0v) is 11.4. The fourth-order valence-electron chi connectivity index (χ4n) is 3.42. The molecular formula is C14H27N2O+. The van der Waals surface area contributed by atoms with Crippen molar-refractivity contribution in [3.63, 3.8) is 0 Å². The average molecular weight is 239 g/mol. The summed E-state index contributed by atoms with van der Waals surface area (Å²) >= 11 is 0. The smallest absolute Gasteiger partial charge is 0.221 e. The van der Waals surface area contributed by atoms with Gasteiger partial charge in [-0.3, -0.25) is 9.89 Å². The van der Waals surface area contributed by atoms with Crippen LogP contribution in [0.3, 0.4) is 0 Å². The van der Waals surface area contributed by atoms with Gasteiger partial charge in [-0.25, -0.2) is 0 Å². The molecule has 1 saturated carbocycles. The first-order valence-corrected chi connectivity index (χ1v) is 7.12. The number of nitrogens with zero attached hydrogens (tertiary/aromatic N) is 1. The molecule has 2 rings (SSSR count). The summed E-state index contributed by atoms with van der Waals surface area (Å²) in [5, 5.41) is 8.10. The molecular weight excluding hydrogens is 212 g/mol. The van der Waals surface area contributed by atoms with Crippen LogP contribution in [0.4, 0.5) is 0 Å². The van der Waals surface area contributed by atoms with Crippen LogP contribution in [0.5, 0.6) is 0 Å². The summed E-state index contributed by atoms with van der Waals surface area (Å²) in [5.41, 5.74) is 0. The highest BCUT2D eigenvalue weighted by molar-refractivity contribution is 5.73. The van der Waals surface area contributed by atoms with Gasteiger partial charge in [-0.1, -0.05) is 26.2 Å². The van der Waals surface area contributed by atoms with Crippen LogP contribution in [0.15, 0.2) is 0 Å². The monoisotopic (exact) mass is 239 g/mol. The fraction of sp³-hybridized carbons (Fsp3) is 0.929. The molecule has 17 heavy (non-hydrogen) atoms. The summed E-state index contributed by atoms with van der Waals surface area (Å²) in [4.78, 5) is 0. The molecule has 0 spiro atoms. The van der Waals surface area contributed by atoms with Crippen molar-refractivity contribution in [1.29, 1.82) is 5.41 Å². The van der Waals surface area contributed by atoms with E-state index in [2.05, 4.69) is 14.0 Å². The third-order valence-corrected chi connectivity index (χ3v) is 4.77. The van der Waals surface area contributed by atoms with E-state index < -0.39 is 0 Å². The third kappa shape index (κ3) is 3.08. The van der Waals surface area contributed by atoms with Gasteiger partial charge in [-0.2, -0.15) is 0 Å². The molecule has 0 bridgehead atoms. The van der Waals surface area contributed by atoms with Crippen molar-refractivity contribution >= 4 is 5.84 Å². The number of morpholine rings is 1. The van der Waals surface area contributed by atoms with Crippen molar-refractivity contribution < 1.29 is 9.22 Å². The van der Waals surface area contributed by atoms with E-state index >= 15 is 0 Å². The number of hydrogen-bond donors (Lipinski definition) is 1. The Balaban J connectivity index is 1.91. The Kier molecular flexibility index (Phi) is 4.21. The Bertz CT molecular complexity index is 273. The van der Waals surface area contributed by atoms with Crippen molar-refractivity contribution in [3.05, 3.63) is 0 Å². The van der Waals surface area contributed by atoms with Crippen LogP contribution in [0.2, 0.25) is 0 Å². The largest absolute Gasteiger partial charge is 0.363 e. The molecule has 2 aliphatic rings. The van der Waals surface area contributed by atoms with Gasteiger partial charge < -0.3 is 4.74 Å². The molecule has 0 aromatic heterocycles. The molecule has 3 heteroatoms. The zero-order chi connectivity index (χ0) is 12.3. The summed E-state index contributed by atoms with van der Waals surface area (Å²) in [7, 11) is 2.21. The number of likely N-dealkylation sites (N-methyl/N-ethyl adjacent to an activating group) is 1. The molecule has 2 atom stereocenters. The lowest BCUT2D eigenvalue weighted by atomic mass is 9.80. The molecule has 2 unspecified atom stereocenters. The number of amidine groups is 1. The maximum atomic E-state index is 8.10. The van der Waals surface area contributed by atoms with Crippen molar-refractivity contribution in [3.8, 4) is 0 Å². The lowest BCUT2D eigenvalue weighted by Gasteiger charge is -2.40. The molecule has 0 radical (unpaired) electrons. The molecule has 1 saturated heterocycles. The second kappa shape index (κ2) is 5.49. The van der Waals surface area contributed by atoms with Crippen molar-refractivity contribution in [1.82, 2.24) is 0 Å². The van der Waals surface area contributed by atoms with E-state index in [1.807, 2.05) is 0 Å². The van der Waals surface area contributed by atoms with Gasteiger partial charge in [-0.15, -0.1) is 0 Å². The van der Waals surface area contributed by atoms with Crippen LogP contribution in [0.1, 0.15) is 39.0 Å². The van der Waals surface area contributed by atoms with Gasteiger partial charge in [0.25, 0.3) is 0 Å². The molecule has 3 nitrogen and oxygen atoms in total. The predicted octanol–water partition coefficient (Wildman–Crippen LogP) is 2.66. The minimum Gasteiger partial charge on any atom is -0.363 e. The van der Waals surface area contributed by atoms with Crippen molar-refractivity contribution in [2.45, 2.75) is 39.0 Å². The molecule has 0 aromatic carbocycles. The Morgan fingerprint density at radius 2 is 2.06 bits per heavy atom. The molecule has 98 valence electrons. The van der Waals surface area contributed by atoms with Crippen LogP contribution in [-0.2, 0) is 4.74 Å². The molecule has 0 amide bonds. The Labute approximate surface area is 105 Å². The minimum atomic E-state index is 0.536. The zero-order valence-electron chi connectivity index (χ0n) is 11.4. The van der Waals surface area contributed by atoms with E-state index in [0.717, 1.165) is 41.9 Å². The third-order valence-electron chi connectivity index (χ3n) is 4.77. The maximum absolute atomic E-state index is 8.10. The predicted molar refractivity (Wildman–Crippen MR) is 70.2 cm³/mol. The van der Waals surface area contributed by atoms with Gasteiger partial charge in [0.15, 0.2) is 0 Å². The average Bonchev–Trinajstić information content (AvgIpc) is 2.34. The van der Waals surface area contributed by atoms with Crippen LogP contribution < -0.4 is 0 Å². The van der Waals surface area contributed by atoms with Crippen LogP contribution in [-0.4, -0.2) is 43.7 Å². The lowest BCUT2D eigenvalue weighted by Crippen LogP contribution is -2.58. The minimum absolute atomic E-state index is 0.536. The van der Waals surface area contributed by atoms with E-state index in [1.165, 1.54) is 32.1 Å². The van der Waals surface area contributed by atoms with Gasteiger partial charge in [0.1, 0.15) is 13.2 Å². The lowest BCUT2D eigenvalue weighted by molar-refractivity contribution is -0.833. The summed E-state index contributed by atoms with van der Waals surface area (Å²) in [5.74, 6) is 2.41. The molecule has 1 aliphatic heterocycles. The maximum Gasteiger partial charge on any atom is 0.221 e. The van der Waals surface area contributed by atoms with Crippen LogP contribution in [0.25, 0.3) is 0 Å². The number of ether oxygens (including phenoxy) is 1. The SMILES string of the molecule is CC(C[N+]1(C)CCOCC1=N)C1CCCCC1. The van der Waals surface area contributed by atoms with E-state index in [4.69, 9.17) is 10.1 Å². The fourth-order valence-corrected chi connectivity index (χ4v) is 3.42. The second-order valence-corrected chi connectivity index (χ2v) is 6.18. The van der Waals surface area contributed by atoms with Crippen molar-refractivity contribution in [2.24, 2.45) is 11.8 Å². The first kappa shape index (κ1) is 13.0. The molecule has 0 aromatic rings. The van der Waals surface area contributed by atoms with E-state index in [9.17, 15) is 0 Å². The molecule has 1 N–H and O–H groups in total. The normalized spacial score (nSPS) is 33.6. The van der Waals surface area contributed by atoms with Gasteiger partial charge in [0.05, 0.1) is 20.2 Å². The van der Waals surface area contributed by atoms with Gasteiger partial charge in [-0.05, 0) is 18.8 Å². The number of hydrogen-bond acceptors (Lipinski definition) is 2. The second-order valence-electron chi connectivity index (χ2n) is 6.18. The Morgan fingerprint density at radius 1 is 1.35 bits per heavy atom. The van der Waals surface area contributed by atoms with Crippen LogP contribution in [0, 0.1) is 17.2 Å². The summed E-state index contributed by atoms with van der Waals surface area (Å²) in [6.45, 7) is 5.86. The van der Waals surface area contributed by atoms with E-state index in [-0.39, 0.29) is 0 Å². The Morgan fingerprint density at radius 3 is 2.71 bits per heavy atom. The highest BCUT2D eigenvalue weighted by Crippen LogP contribution is 2.31. The van der Waals surface area contributed by atoms with E-state index in [1.54, 1.807) is 0 Å². The van der Waals surface area contributed by atoms with Gasteiger partial charge in [0, 0.05) is 5.92 Å². The molecule has 2 fully saturated rings. The summed E-state index contributed by atoms with van der Waals surface area (Å²) in [6.07, 6.45) is 7.08. The topological polar surface area (TPSA) is 33.1 Å². The standard InChI is InChI=1S/C14H27N2O/c1-12(13-6-4-3-5-7-13)10-16(2)8-9-17-11-14(16)15/h12-13,15H,3-11H2,1-2H3/q+1. The summed E-state index contributed by atoms with van der Waals surface area (Å²) < 4.78 is 6.18.